The maximum absolute atomic E-state index is 14.1. The Labute approximate surface area is 144 Å². The largest absolute Gasteiger partial charge is 0.417 e. The summed E-state index contributed by atoms with van der Waals surface area (Å²) >= 11 is 11.7. The van der Waals surface area contributed by atoms with Crippen molar-refractivity contribution in [1.29, 1.82) is 0 Å². The predicted octanol–water partition coefficient (Wildman–Crippen LogP) is 4.96. The summed E-state index contributed by atoms with van der Waals surface area (Å²) in [5.74, 6) is -1.41. The third kappa shape index (κ3) is 3.79. The lowest BCUT2D eigenvalue weighted by molar-refractivity contribution is -0.137. The minimum absolute atomic E-state index is 0.0346. The molecule has 0 radical (unpaired) electrons. The molecule has 0 aliphatic carbocycles. The first-order valence-electron chi connectivity index (χ1n) is 6.65. The van der Waals surface area contributed by atoms with Crippen LogP contribution in [0.15, 0.2) is 24.4 Å². The quantitative estimate of drug-likeness (QED) is 0.764. The van der Waals surface area contributed by atoms with Crippen LogP contribution in [0.1, 0.15) is 22.8 Å². The molecule has 1 N–H and O–H groups in total. The number of nitrogens with one attached hydrogen (secondary N) is 1. The van der Waals surface area contributed by atoms with Gasteiger partial charge in [-0.2, -0.15) is 13.2 Å². The smallest absolute Gasteiger partial charge is 0.352 e. The number of halogens is 6. The van der Waals surface area contributed by atoms with E-state index in [4.69, 9.17) is 23.2 Å². The third-order valence-electron chi connectivity index (χ3n) is 3.06. The van der Waals surface area contributed by atoms with Crippen LogP contribution in [-0.4, -0.2) is 17.4 Å². The van der Waals surface area contributed by atoms with Crippen molar-refractivity contribution in [2.24, 2.45) is 0 Å². The van der Waals surface area contributed by atoms with E-state index in [9.17, 15) is 22.4 Å². The molecule has 9 heteroatoms. The topological polar surface area (TPSA) is 42.0 Å². The molecule has 0 spiro atoms. The fraction of sp³-hybridized carbons (Fsp3) is 0.200. The summed E-state index contributed by atoms with van der Waals surface area (Å²) in [7, 11) is 0. The van der Waals surface area contributed by atoms with Crippen molar-refractivity contribution >= 4 is 29.1 Å². The highest BCUT2D eigenvalue weighted by Gasteiger charge is 2.32. The average Bonchev–Trinajstić information content (AvgIpc) is 2.47. The second kappa shape index (κ2) is 6.94. The van der Waals surface area contributed by atoms with Crippen LogP contribution in [0.4, 0.5) is 17.6 Å². The number of alkyl halides is 3. The number of rotatable bonds is 3. The lowest BCUT2D eigenvalue weighted by Gasteiger charge is -2.12. The SMILES string of the molecule is CCNC(=O)c1cc(-c2ncc(C(F)(F)F)cc2Cl)c(F)cc1Cl. The highest BCUT2D eigenvalue weighted by Crippen LogP contribution is 2.36. The molecule has 2 aromatic rings. The van der Waals surface area contributed by atoms with Crippen molar-refractivity contribution in [3.8, 4) is 11.3 Å². The zero-order valence-electron chi connectivity index (χ0n) is 12.1. The van der Waals surface area contributed by atoms with E-state index in [0.29, 0.717) is 18.8 Å². The van der Waals surface area contributed by atoms with E-state index in [1.165, 1.54) is 0 Å². The monoisotopic (exact) mass is 380 g/mol. The number of pyridine rings is 1. The van der Waals surface area contributed by atoms with Crippen molar-refractivity contribution in [3.05, 3.63) is 51.4 Å². The Morgan fingerprint density at radius 1 is 1.21 bits per heavy atom. The van der Waals surface area contributed by atoms with Gasteiger partial charge in [-0.15, -0.1) is 0 Å². The first-order valence-corrected chi connectivity index (χ1v) is 7.41. The van der Waals surface area contributed by atoms with Gasteiger partial charge in [-0.25, -0.2) is 4.39 Å². The summed E-state index contributed by atoms with van der Waals surface area (Å²) < 4.78 is 52.1. The summed E-state index contributed by atoms with van der Waals surface area (Å²) in [6, 6.07) is 2.63. The Hall–Kier alpha value is -1.86. The molecule has 0 saturated carbocycles. The minimum atomic E-state index is -4.63. The lowest BCUT2D eigenvalue weighted by Crippen LogP contribution is -2.23. The summed E-state index contributed by atoms with van der Waals surface area (Å²) in [5.41, 5.74) is -1.54. The highest BCUT2D eigenvalue weighted by atomic mass is 35.5. The van der Waals surface area contributed by atoms with Crippen LogP contribution in [-0.2, 0) is 6.18 Å². The van der Waals surface area contributed by atoms with Crippen LogP contribution in [0.25, 0.3) is 11.3 Å². The number of aromatic nitrogens is 1. The molecule has 3 nitrogen and oxygen atoms in total. The van der Waals surface area contributed by atoms with Gasteiger partial charge in [0.05, 0.1) is 26.9 Å². The molecular weight excluding hydrogens is 371 g/mol. The van der Waals surface area contributed by atoms with Gasteiger partial charge in [0.15, 0.2) is 0 Å². The predicted molar refractivity (Wildman–Crippen MR) is 82.7 cm³/mol. The molecule has 0 saturated heterocycles. The van der Waals surface area contributed by atoms with Crippen molar-refractivity contribution in [3.63, 3.8) is 0 Å². The molecule has 2 rings (SSSR count). The highest BCUT2D eigenvalue weighted by molar-refractivity contribution is 6.34. The molecule has 0 unspecified atom stereocenters. The molecule has 1 heterocycles. The van der Waals surface area contributed by atoms with Crippen molar-refractivity contribution in [2.45, 2.75) is 13.1 Å². The molecule has 0 fully saturated rings. The van der Waals surface area contributed by atoms with Crippen molar-refractivity contribution < 1.29 is 22.4 Å². The number of carbonyl (C=O) groups excluding carboxylic acids is 1. The normalized spacial score (nSPS) is 11.5. The Morgan fingerprint density at radius 3 is 2.42 bits per heavy atom. The van der Waals surface area contributed by atoms with Gasteiger partial charge in [0.1, 0.15) is 5.82 Å². The van der Waals surface area contributed by atoms with Crippen molar-refractivity contribution in [1.82, 2.24) is 10.3 Å². The number of hydrogen-bond acceptors (Lipinski definition) is 2. The molecule has 0 aliphatic heterocycles. The molecule has 1 aromatic carbocycles. The number of amides is 1. The molecule has 0 aliphatic rings. The summed E-state index contributed by atoms with van der Waals surface area (Å²) in [5, 5.41) is 1.97. The molecule has 0 atom stereocenters. The number of nitrogens with zero attached hydrogens (tertiary/aromatic N) is 1. The summed E-state index contributed by atoms with van der Waals surface area (Å²) in [6.45, 7) is 2.01. The Balaban J connectivity index is 2.56. The van der Waals surface area contributed by atoms with Gasteiger partial charge in [-0.1, -0.05) is 23.2 Å². The van der Waals surface area contributed by atoms with Gasteiger partial charge in [0, 0.05) is 18.3 Å². The van der Waals surface area contributed by atoms with E-state index in [1.807, 2.05) is 0 Å². The van der Waals surface area contributed by atoms with Gasteiger partial charge in [0.25, 0.3) is 5.91 Å². The molecular formula is C15H10Cl2F4N2O. The van der Waals surface area contributed by atoms with E-state index in [-0.39, 0.29) is 21.8 Å². The lowest BCUT2D eigenvalue weighted by atomic mass is 10.1. The van der Waals surface area contributed by atoms with Gasteiger partial charge in [-0.3, -0.25) is 9.78 Å². The minimum Gasteiger partial charge on any atom is -0.352 e. The van der Waals surface area contributed by atoms with E-state index >= 15 is 0 Å². The van der Waals surface area contributed by atoms with Crippen LogP contribution >= 0.6 is 23.2 Å². The average molecular weight is 381 g/mol. The Bertz CT molecular complexity index is 794. The van der Waals surface area contributed by atoms with Crippen LogP contribution in [0.5, 0.6) is 0 Å². The van der Waals surface area contributed by atoms with Gasteiger partial charge in [0.2, 0.25) is 0 Å². The van der Waals surface area contributed by atoms with E-state index < -0.39 is 28.5 Å². The molecule has 0 bridgehead atoms. The summed E-state index contributed by atoms with van der Waals surface area (Å²) in [4.78, 5) is 15.5. The second-order valence-corrected chi connectivity index (χ2v) is 5.54. The van der Waals surface area contributed by atoms with Crippen LogP contribution < -0.4 is 5.32 Å². The zero-order valence-corrected chi connectivity index (χ0v) is 13.7. The number of hydrogen-bond donors (Lipinski definition) is 1. The van der Waals surface area contributed by atoms with E-state index in [2.05, 4.69) is 10.3 Å². The van der Waals surface area contributed by atoms with Gasteiger partial charge >= 0.3 is 6.18 Å². The molecule has 128 valence electrons. The first kappa shape index (κ1) is 18.5. The van der Waals surface area contributed by atoms with Crippen LogP contribution in [0.2, 0.25) is 10.0 Å². The maximum Gasteiger partial charge on any atom is 0.417 e. The van der Waals surface area contributed by atoms with E-state index in [0.717, 1.165) is 12.1 Å². The van der Waals surface area contributed by atoms with Crippen molar-refractivity contribution in [2.75, 3.05) is 6.54 Å². The van der Waals surface area contributed by atoms with Gasteiger partial charge < -0.3 is 5.32 Å². The third-order valence-corrected chi connectivity index (χ3v) is 3.66. The fourth-order valence-corrected chi connectivity index (χ4v) is 2.46. The molecule has 24 heavy (non-hydrogen) atoms. The summed E-state index contributed by atoms with van der Waals surface area (Å²) in [6.07, 6.45) is -4.08. The number of benzene rings is 1. The van der Waals surface area contributed by atoms with Gasteiger partial charge in [-0.05, 0) is 25.1 Å². The second-order valence-electron chi connectivity index (χ2n) is 4.72. The molecule has 1 amide bonds. The fourth-order valence-electron chi connectivity index (χ4n) is 1.95. The first-order chi connectivity index (χ1) is 11.1. The Morgan fingerprint density at radius 2 is 1.88 bits per heavy atom. The van der Waals surface area contributed by atoms with Crippen LogP contribution in [0.3, 0.4) is 0 Å². The maximum atomic E-state index is 14.1. The van der Waals surface area contributed by atoms with Crippen LogP contribution in [0, 0.1) is 5.82 Å². The zero-order chi connectivity index (χ0) is 18.1. The molecule has 1 aromatic heterocycles. The Kier molecular flexibility index (Phi) is 5.35. The van der Waals surface area contributed by atoms with E-state index in [1.54, 1.807) is 6.92 Å². The number of carbonyl (C=O) groups is 1. The standard InChI is InChI=1S/C15H10Cl2F4N2O/c1-2-22-14(24)8-4-9(12(18)5-10(8)16)13-11(17)3-7(6-23-13)15(19,20)21/h3-6H,2H2,1H3,(H,22,24).